The number of hydrogen-bond acceptors (Lipinski definition) is 7. The van der Waals surface area contributed by atoms with Gasteiger partial charge in [0.25, 0.3) is 0 Å². The Hall–Kier alpha value is -1.65. The van der Waals surface area contributed by atoms with E-state index in [1.54, 1.807) is 13.8 Å². The van der Waals surface area contributed by atoms with Gasteiger partial charge in [-0.25, -0.2) is 9.78 Å². The number of rotatable bonds is 4. The molecule has 7 nitrogen and oxygen atoms in total. The molecule has 0 fully saturated rings. The summed E-state index contributed by atoms with van der Waals surface area (Å²) >= 11 is 2.35. The maximum Gasteiger partial charge on any atom is 0.316 e. The molecule has 9 heteroatoms. The Morgan fingerprint density at radius 2 is 1.83 bits per heavy atom. The lowest BCUT2D eigenvalue weighted by Crippen LogP contribution is -2.21. The van der Waals surface area contributed by atoms with Gasteiger partial charge in [0.1, 0.15) is 14.8 Å². The number of carbonyl (C=O) groups excluding carboxylic acids is 1. The van der Waals surface area contributed by atoms with Crippen molar-refractivity contribution in [2.45, 2.75) is 68.8 Å². The number of thiazole rings is 1. The van der Waals surface area contributed by atoms with Gasteiger partial charge < -0.3 is 21.3 Å². The van der Waals surface area contributed by atoms with Gasteiger partial charge >= 0.3 is 6.03 Å². The minimum Gasteiger partial charge on any atom is -0.390 e. The number of carbonyl (C=O) groups is 1. The van der Waals surface area contributed by atoms with Gasteiger partial charge in [0.05, 0.1) is 12.3 Å². The number of aliphatic hydroxyl groups excluding tert-OH is 1. The summed E-state index contributed by atoms with van der Waals surface area (Å²) in [7, 11) is 0. The van der Waals surface area contributed by atoms with Crippen molar-refractivity contribution in [1.82, 2.24) is 4.98 Å². The normalized spacial score (nSPS) is 14.8. The van der Waals surface area contributed by atoms with Crippen LogP contribution in [0.4, 0.5) is 10.5 Å². The lowest BCUT2D eigenvalue weighted by Gasteiger charge is -2.14. The van der Waals surface area contributed by atoms with Crippen LogP contribution in [0.25, 0.3) is 0 Å². The monoisotopic (exact) mass is 436 g/mol. The predicted octanol–water partition coefficient (Wildman–Crippen LogP) is 2.98. The van der Waals surface area contributed by atoms with E-state index in [9.17, 15) is 9.90 Å². The minimum atomic E-state index is -0.970. The van der Waals surface area contributed by atoms with E-state index in [0.717, 1.165) is 47.5 Å². The average molecular weight is 437 g/mol. The number of anilines is 1. The lowest BCUT2D eigenvalue weighted by atomic mass is 9.99. The topological polar surface area (TPSA) is 134 Å². The third-order valence-corrected chi connectivity index (χ3v) is 7.36. The van der Waals surface area contributed by atoms with E-state index in [4.69, 9.17) is 16.0 Å². The van der Waals surface area contributed by atoms with Gasteiger partial charge in [-0.1, -0.05) is 6.07 Å². The number of urea groups is 1. The zero-order chi connectivity index (χ0) is 21.2. The molecule has 2 aromatic rings. The molecule has 0 radical (unpaired) electrons. The number of amides is 2. The van der Waals surface area contributed by atoms with Crippen molar-refractivity contribution in [3.63, 3.8) is 0 Å². The molecule has 0 bridgehead atoms. The van der Waals surface area contributed by atoms with Crippen LogP contribution in [0, 0.1) is 0 Å². The third kappa shape index (κ3) is 4.92. The number of nitrogens with zero attached hydrogens (tertiary/aromatic N) is 1. The molecular formula is C20H28N4O3S2. The SMILES string of the molecule is CC(C)(O)c1nc(CO)c(SN)s1.NC(=O)Nc1c2c(cc3c1CCC3)CCC2. The first-order valence-electron chi connectivity index (χ1n) is 9.67. The number of nitrogens with one attached hydrogen (secondary N) is 1. The van der Waals surface area contributed by atoms with Gasteiger partial charge in [-0.05, 0) is 86.6 Å². The zero-order valence-corrected chi connectivity index (χ0v) is 18.4. The molecule has 1 heterocycles. The highest BCUT2D eigenvalue weighted by Crippen LogP contribution is 2.38. The summed E-state index contributed by atoms with van der Waals surface area (Å²) in [5.74, 6) is 0. The second-order valence-electron chi connectivity index (χ2n) is 7.81. The van der Waals surface area contributed by atoms with E-state index in [0.29, 0.717) is 10.7 Å². The first-order valence-corrected chi connectivity index (χ1v) is 11.4. The van der Waals surface area contributed by atoms with Gasteiger partial charge in [0, 0.05) is 5.69 Å². The molecule has 0 saturated heterocycles. The molecule has 0 spiro atoms. The van der Waals surface area contributed by atoms with Crippen LogP contribution in [0.5, 0.6) is 0 Å². The van der Waals surface area contributed by atoms with Crippen LogP contribution in [0.3, 0.4) is 0 Å². The lowest BCUT2D eigenvalue weighted by molar-refractivity contribution is 0.0779. The summed E-state index contributed by atoms with van der Waals surface area (Å²) < 4.78 is 0.750. The fourth-order valence-electron chi connectivity index (χ4n) is 3.88. The second kappa shape index (κ2) is 9.01. The Morgan fingerprint density at radius 3 is 2.24 bits per heavy atom. The van der Waals surface area contributed by atoms with E-state index in [-0.39, 0.29) is 6.61 Å². The highest BCUT2D eigenvalue weighted by molar-refractivity contribution is 7.99. The molecule has 29 heavy (non-hydrogen) atoms. The van der Waals surface area contributed by atoms with Crippen molar-refractivity contribution in [2.24, 2.45) is 10.9 Å². The fourth-order valence-corrected chi connectivity index (χ4v) is 5.37. The van der Waals surface area contributed by atoms with E-state index < -0.39 is 11.6 Å². The number of primary amides is 1. The molecular weight excluding hydrogens is 408 g/mol. The van der Waals surface area contributed by atoms with Crippen LogP contribution >= 0.6 is 23.3 Å². The summed E-state index contributed by atoms with van der Waals surface area (Å²) in [5.41, 5.74) is 11.4. The van der Waals surface area contributed by atoms with Crippen LogP contribution in [0.2, 0.25) is 0 Å². The summed E-state index contributed by atoms with van der Waals surface area (Å²) in [5, 5.41) is 27.4. The van der Waals surface area contributed by atoms with Crippen molar-refractivity contribution in [2.75, 3.05) is 5.32 Å². The van der Waals surface area contributed by atoms with Crippen LogP contribution < -0.4 is 16.2 Å². The Kier molecular flexibility index (Phi) is 6.85. The average Bonchev–Trinajstić information content (AvgIpc) is 3.39. The number of fused-ring (bicyclic) bond motifs is 2. The van der Waals surface area contributed by atoms with Gasteiger partial charge in [-0.2, -0.15) is 0 Å². The largest absolute Gasteiger partial charge is 0.390 e. The molecule has 2 aliphatic rings. The number of hydrogen-bond donors (Lipinski definition) is 5. The van der Waals surface area contributed by atoms with Crippen molar-refractivity contribution < 1.29 is 15.0 Å². The van der Waals surface area contributed by atoms with Crippen molar-refractivity contribution in [3.8, 4) is 0 Å². The van der Waals surface area contributed by atoms with Crippen LogP contribution in [0.15, 0.2) is 10.3 Å². The van der Waals surface area contributed by atoms with Crippen molar-refractivity contribution >= 4 is 35.0 Å². The van der Waals surface area contributed by atoms with Crippen molar-refractivity contribution in [3.05, 3.63) is 39.0 Å². The molecule has 0 saturated carbocycles. The predicted molar refractivity (Wildman–Crippen MR) is 117 cm³/mol. The highest BCUT2D eigenvalue weighted by Gasteiger charge is 2.24. The third-order valence-electron chi connectivity index (χ3n) is 5.16. The molecule has 0 unspecified atom stereocenters. The molecule has 1 aromatic heterocycles. The van der Waals surface area contributed by atoms with Gasteiger partial charge in [-0.15, -0.1) is 11.3 Å². The highest BCUT2D eigenvalue weighted by atomic mass is 32.2. The maximum atomic E-state index is 11.1. The molecule has 0 atom stereocenters. The number of aromatic nitrogens is 1. The smallest absolute Gasteiger partial charge is 0.316 e. The summed E-state index contributed by atoms with van der Waals surface area (Å²) in [4.78, 5) is 15.2. The number of aliphatic hydroxyl groups is 2. The van der Waals surface area contributed by atoms with Crippen LogP contribution in [-0.4, -0.2) is 21.2 Å². The number of aryl methyl sites for hydroxylation is 2. The fraction of sp³-hybridized carbons (Fsp3) is 0.500. The van der Waals surface area contributed by atoms with E-state index in [1.807, 2.05) is 0 Å². The minimum absolute atomic E-state index is 0.147. The zero-order valence-electron chi connectivity index (χ0n) is 16.7. The van der Waals surface area contributed by atoms with E-state index in [2.05, 4.69) is 16.4 Å². The molecule has 4 rings (SSSR count). The molecule has 2 aliphatic carbocycles. The Bertz CT molecular complexity index is 852. The molecule has 158 valence electrons. The van der Waals surface area contributed by atoms with Gasteiger partial charge in [-0.3, -0.25) is 5.14 Å². The molecule has 7 N–H and O–H groups in total. The molecule has 2 amide bonds. The van der Waals surface area contributed by atoms with Crippen LogP contribution in [0.1, 0.15) is 59.6 Å². The molecule has 1 aromatic carbocycles. The quantitative estimate of drug-likeness (QED) is 0.468. The van der Waals surface area contributed by atoms with E-state index in [1.165, 1.54) is 46.4 Å². The second-order valence-corrected chi connectivity index (χ2v) is 9.71. The first-order chi connectivity index (χ1) is 13.7. The number of nitrogens with two attached hydrogens (primary N) is 2. The maximum absolute atomic E-state index is 11.1. The molecule has 0 aliphatic heterocycles. The summed E-state index contributed by atoms with van der Waals surface area (Å²) in [6.07, 6.45) is 6.86. The Labute approximate surface area is 179 Å². The standard InChI is InChI=1S/C13H16N2O.C7H12N2O2S2/c14-13(16)15-12-10-5-1-3-8(10)7-9-4-2-6-11(9)12;1-7(2,11)6-9-4(3-10)5(12-6)13-8/h7H,1-6H2,(H3,14,15,16);10-11H,3,8H2,1-2H3. The van der Waals surface area contributed by atoms with E-state index >= 15 is 0 Å². The van der Waals surface area contributed by atoms with Crippen LogP contribution in [-0.2, 0) is 37.9 Å². The van der Waals surface area contributed by atoms with Crippen molar-refractivity contribution in [1.29, 1.82) is 0 Å². The summed E-state index contributed by atoms with van der Waals surface area (Å²) in [6.45, 7) is 3.15. The Morgan fingerprint density at radius 1 is 1.24 bits per heavy atom. The summed E-state index contributed by atoms with van der Waals surface area (Å²) in [6, 6.07) is 1.91. The van der Waals surface area contributed by atoms with Gasteiger partial charge in [0.2, 0.25) is 0 Å². The first kappa shape index (κ1) is 22.0. The Balaban J connectivity index is 0.000000170. The number of benzene rings is 1. The van der Waals surface area contributed by atoms with Gasteiger partial charge in [0.15, 0.2) is 0 Å².